The maximum Gasteiger partial charge on any atom is 0.231 e. The molecule has 3 aliphatic heterocycles. The molecule has 0 fully saturated rings. The molecule has 1 atom stereocenters. The summed E-state index contributed by atoms with van der Waals surface area (Å²) < 4.78 is 13.1. The van der Waals surface area contributed by atoms with Crippen LogP contribution in [0.25, 0.3) is 5.69 Å². The van der Waals surface area contributed by atoms with Crippen LogP contribution in [0.1, 0.15) is 48.2 Å². The third-order valence-electron chi connectivity index (χ3n) is 8.19. The third-order valence-corrected chi connectivity index (χ3v) is 8.19. The van der Waals surface area contributed by atoms with Gasteiger partial charge in [-0.3, -0.25) is 0 Å². The van der Waals surface area contributed by atoms with Gasteiger partial charge in [-0.1, -0.05) is 68.4 Å². The molecule has 4 aromatic carbocycles. The lowest BCUT2D eigenvalue weighted by Gasteiger charge is -2.40. The average Bonchev–Trinajstić information content (AvgIpc) is 3.64. The number of nitrogens with zero attached hydrogens (tertiary/aromatic N) is 5. The minimum absolute atomic E-state index is 0.175. The summed E-state index contributed by atoms with van der Waals surface area (Å²) in [5.74, 6) is 4.04. The number of rotatable bonds is 4. The second-order valence-corrected chi connectivity index (χ2v) is 11.2. The zero-order chi connectivity index (χ0) is 29.1. The molecule has 0 bridgehead atoms. The average molecular weight is 567 g/mol. The first-order chi connectivity index (χ1) is 21.0. The van der Waals surface area contributed by atoms with Crippen LogP contribution < -0.4 is 19.7 Å². The maximum absolute atomic E-state index is 5.65. The monoisotopic (exact) mass is 566 g/mol. The number of aliphatic imine (C=N–C) groups is 2. The molecule has 0 amide bonds. The smallest absolute Gasteiger partial charge is 0.231 e. The summed E-state index contributed by atoms with van der Waals surface area (Å²) in [6.07, 6.45) is 0. The molecule has 43 heavy (non-hydrogen) atoms. The molecule has 1 aromatic heterocycles. The van der Waals surface area contributed by atoms with Crippen molar-refractivity contribution in [2.75, 3.05) is 17.0 Å². The van der Waals surface area contributed by atoms with Gasteiger partial charge < -0.3 is 19.7 Å². The van der Waals surface area contributed by atoms with E-state index in [1.54, 1.807) is 0 Å². The van der Waals surface area contributed by atoms with Crippen LogP contribution in [0.4, 0.5) is 22.9 Å². The van der Waals surface area contributed by atoms with E-state index in [1.807, 2.05) is 53.2 Å². The lowest BCUT2D eigenvalue weighted by Crippen LogP contribution is -2.46. The number of anilines is 2. The Kier molecular flexibility index (Phi) is 5.82. The van der Waals surface area contributed by atoms with Gasteiger partial charge in [0, 0.05) is 17.3 Å². The SMILES string of the molecule is Cc1nn(-c2ccccc2)c2c1[C@@H](c1ccc(C(C)C)cc1)N1C(=N2)C(Nc2ccc3c(c2)OCO3)=Nc2ccccc21. The van der Waals surface area contributed by atoms with Crippen molar-refractivity contribution in [3.05, 3.63) is 119 Å². The Balaban J connectivity index is 1.35. The maximum atomic E-state index is 5.65. The number of para-hydroxylation sites is 3. The van der Waals surface area contributed by atoms with Gasteiger partial charge in [-0.05, 0) is 60.4 Å². The largest absolute Gasteiger partial charge is 0.454 e. The minimum atomic E-state index is -0.175. The highest BCUT2D eigenvalue weighted by atomic mass is 16.7. The van der Waals surface area contributed by atoms with Crippen molar-refractivity contribution in [1.82, 2.24) is 9.78 Å². The summed E-state index contributed by atoms with van der Waals surface area (Å²) in [6.45, 7) is 6.73. The Morgan fingerprint density at radius 1 is 0.837 bits per heavy atom. The van der Waals surface area contributed by atoms with Crippen molar-refractivity contribution in [2.45, 2.75) is 32.7 Å². The number of aryl methyl sites for hydroxylation is 1. The molecule has 0 spiro atoms. The molecule has 0 unspecified atom stereocenters. The summed E-state index contributed by atoms with van der Waals surface area (Å²) in [6, 6.07) is 33.0. The van der Waals surface area contributed by atoms with Crippen molar-refractivity contribution in [3.63, 3.8) is 0 Å². The van der Waals surface area contributed by atoms with Crippen LogP contribution >= 0.6 is 0 Å². The van der Waals surface area contributed by atoms with E-state index in [1.165, 1.54) is 5.56 Å². The Morgan fingerprint density at radius 3 is 2.42 bits per heavy atom. The van der Waals surface area contributed by atoms with Gasteiger partial charge in [-0.15, -0.1) is 0 Å². The zero-order valence-electron chi connectivity index (χ0n) is 24.2. The van der Waals surface area contributed by atoms with E-state index >= 15 is 0 Å². The number of ether oxygens (including phenoxy) is 2. The first kappa shape index (κ1) is 25.3. The second kappa shape index (κ2) is 9.87. The Bertz CT molecular complexity index is 1920. The fraction of sp³-hybridized carbons (Fsp3) is 0.171. The number of benzene rings is 4. The molecule has 0 aliphatic carbocycles. The third kappa shape index (κ3) is 4.17. The predicted octanol–water partition coefficient (Wildman–Crippen LogP) is 7.83. The fourth-order valence-corrected chi connectivity index (χ4v) is 6.04. The van der Waals surface area contributed by atoms with Gasteiger partial charge in [0.1, 0.15) is 0 Å². The number of hydrogen-bond acceptors (Lipinski definition) is 7. The summed E-state index contributed by atoms with van der Waals surface area (Å²) >= 11 is 0. The van der Waals surface area contributed by atoms with E-state index in [2.05, 4.69) is 79.5 Å². The number of amidine groups is 2. The van der Waals surface area contributed by atoms with E-state index in [9.17, 15) is 0 Å². The molecule has 5 aromatic rings. The summed E-state index contributed by atoms with van der Waals surface area (Å²) in [7, 11) is 0. The molecule has 8 rings (SSSR count). The van der Waals surface area contributed by atoms with Crippen LogP contribution in [-0.2, 0) is 0 Å². The topological polar surface area (TPSA) is 76.3 Å². The van der Waals surface area contributed by atoms with Crippen LogP contribution in [0.2, 0.25) is 0 Å². The van der Waals surface area contributed by atoms with Crippen LogP contribution in [0.15, 0.2) is 107 Å². The second-order valence-electron chi connectivity index (χ2n) is 11.2. The van der Waals surface area contributed by atoms with E-state index < -0.39 is 0 Å². The standard InChI is InChI=1S/C35H30N6O2/c1-21(2)23-13-15-24(16-14-23)32-31-22(3)39-41(26-9-5-4-6-10-26)34(31)38-35-33(37-27-11-7-8-12-28(27)40(32)35)36-25-17-18-29-30(19-25)43-20-42-29/h4-19,21,32H,20H2,1-3H3,(H,36,37)/t32-/m1/s1. The van der Waals surface area contributed by atoms with Crippen LogP contribution in [0.3, 0.4) is 0 Å². The molecule has 8 heteroatoms. The summed E-state index contributed by atoms with van der Waals surface area (Å²) in [5, 5.41) is 8.59. The molecule has 0 saturated heterocycles. The molecule has 1 N–H and O–H groups in total. The van der Waals surface area contributed by atoms with Crippen LogP contribution in [0, 0.1) is 6.92 Å². The normalized spacial score (nSPS) is 16.3. The molecule has 3 aliphatic rings. The van der Waals surface area contributed by atoms with Gasteiger partial charge in [0.25, 0.3) is 0 Å². The van der Waals surface area contributed by atoms with E-state index in [0.29, 0.717) is 17.5 Å². The fourth-order valence-electron chi connectivity index (χ4n) is 6.04. The number of nitrogens with one attached hydrogen (secondary N) is 1. The van der Waals surface area contributed by atoms with Crippen molar-refractivity contribution in [1.29, 1.82) is 0 Å². The lowest BCUT2D eigenvalue weighted by molar-refractivity contribution is 0.174. The first-order valence-corrected chi connectivity index (χ1v) is 14.5. The van der Waals surface area contributed by atoms with Crippen LogP contribution in [0.5, 0.6) is 11.5 Å². The van der Waals surface area contributed by atoms with Gasteiger partial charge >= 0.3 is 0 Å². The molecule has 8 nitrogen and oxygen atoms in total. The minimum Gasteiger partial charge on any atom is -0.454 e. The van der Waals surface area contributed by atoms with Crippen LogP contribution in [-0.4, -0.2) is 28.2 Å². The first-order valence-electron chi connectivity index (χ1n) is 14.5. The molecule has 0 radical (unpaired) electrons. The van der Waals surface area contributed by atoms with Crippen molar-refractivity contribution >= 4 is 34.6 Å². The van der Waals surface area contributed by atoms with E-state index in [-0.39, 0.29) is 12.8 Å². The number of hydrogen-bond donors (Lipinski definition) is 1. The Morgan fingerprint density at radius 2 is 1.60 bits per heavy atom. The highest BCUT2D eigenvalue weighted by Crippen LogP contribution is 2.48. The molecule has 212 valence electrons. The van der Waals surface area contributed by atoms with Crippen molar-refractivity contribution in [2.24, 2.45) is 9.98 Å². The van der Waals surface area contributed by atoms with Gasteiger partial charge in [-0.25, -0.2) is 14.7 Å². The predicted molar refractivity (Wildman–Crippen MR) is 170 cm³/mol. The van der Waals surface area contributed by atoms with Gasteiger partial charge in [-0.2, -0.15) is 5.10 Å². The quantitative estimate of drug-likeness (QED) is 0.240. The van der Waals surface area contributed by atoms with Gasteiger partial charge in [0.2, 0.25) is 6.79 Å². The molecular weight excluding hydrogens is 536 g/mol. The highest BCUT2D eigenvalue weighted by molar-refractivity contribution is 6.51. The number of fused-ring (bicyclic) bond motifs is 5. The highest BCUT2D eigenvalue weighted by Gasteiger charge is 2.41. The van der Waals surface area contributed by atoms with Gasteiger partial charge in [0.05, 0.1) is 28.8 Å². The summed E-state index contributed by atoms with van der Waals surface area (Å²) in [4.78, 5) is 12.7. The summed E-state index contributed by atoms with van der Waals surface area (Å²) in [5.41, 5.74) is 8.12. The number of aromatic nitrogens is 2. The van der Waals surface area contributed by atoms with Crippen molar-refractivity contribution < 1.29 is 9.47 Å². The lowest BCUT2D eigenvalue weighted by atomic mass is 9.91. The molecular formula is C35H30N6O2. The molecule has 4 heterocycles. The Hall–Kier alpha value is -5.37. The van der Waals surface area contributed by atoms with E-state index in [0.717, 1.165) is 57.0 Å². The van der Waals surface area contributed by atoms with Gasteiger partial charge in [0.15, 0.2) is 29.0 Å². The molecule has 0 saturated carbocycles. The van der Waals surface area contributed by atoms with Crippen molar-refractivity contribution in [3.8, 4) is 17.2 Å². The zero-order valence-corrected chi connectivity index (χ0v) is 24.2. The Labute approximate surface area is 249 Å². The van der Waals surface area contributed by atoms with E-state index in [4.69, 9.17) is 24.6 Å².